The molecule has 0 unspecified atom stereocenters. The number of carbonyl (C=O) groups is 3. The van der Waals surface area contributed by atoms with Crippen molar-refractivity contribution in [2.45, 2.75) is 6.92 Å². The number of nitrogens with two attached hydrogens (primary N) is 1. The van der Waals surface area contributed by atoms with E-state index in [0.717, 1.165) is 9.63 Å². The fourth-order valence-corrected chi connectivity index (χ4v) is 3.58. The number of anilines is 2. The maximum Gasteiger partial charge on any atom is 0.323 e. The molecule has 3 aromatic carbocycles. The first-order chi connectivity index (χ1) is 16.7. The fourth-order valence-electron chi connectivity index (χ4n) is 3.58. The number of carboxylic acids is 1. The smallest absolute Gasteiger partial charge is 0.323 e. The Labute approximate surface area is 200 Å². The maximum absolute atomic E-state index is 12.8. The van der Waals surface area contributed by atoms with Crippen molar-refractivity contribution in [3.8, 4) is 11.4 Å². The van der Waals surface area contributed by atoms with E-state index in [1.807, 2.05) is 0 Å². The van der Waals surface area contributed by atoms with E-state index in [1.165, 1.54) is 13.0 Å². The summed E-state index contributed by atoms with van der Waals surface area (Å²) in [5.41, 5.74) is 9.46. The van der Waals surface area contributed by atoms with E-state index in [9.17, 15) is 24.7 Å². The highest BCUT2D eigenvalue weighted by molar-refractivity contribution is 6.06. The highest BCUT2D eigenvalue weighted by atomic mass is 16.5. The van der Waals surface area contributed by atoms with Crippen LogP contribution < -0.4 is 10.6 Å². The van der Waals surface area contributed by atoms with Crippen LogP contribution in [0, 0.1) is 0 Å². The van der Waals surface area contributed by atoms with E-state index in [-0.39, 0.29) is 11.6 Å². The van der Waals surface area contributed by atoms with Gasteiger partial charge in [-0.3, -0.25) is 19.3 Å². The number of nitrogen functional groups attached to an aromatic ring is 1. The molecule has 176 valence electrons. The summed E-state index contributed by atoms with van der Waals surface area (Å²) in [6.07, 6.45) is 2.83. The van der Waals surface area contributed by atoms with Crippen LogP contribution in [0.2, 0.25) is 0 Å². The van der Waals surface area contributed by atoms with Crippen LogP contribution in [0.15, 0.2) is 72.8 Å². The molecule has 1 amide bonds. The number of hydrogen-bond donors (Lipinski definition) is 3. The molecule has 35 heavy (non-hydrogen) atoms. The van der Waals surface area contributed by atoms with Crippen molar-refractivity contribution in [2.75, 3.05) is 17.2 Å². The van der Waals surface area contributed by atoms with Gasteiger partial charge in [0, 0.05) is 28.6 Å². The SMILES string of the molecule is CC(=O)c1ccc(/C=C/C(=O)N(CC(=O)O)c2ccc(-c3nc4ccc(N)cc4n3O)cc2)cc1. The van der Waals surface area contributed by atoms with Gasteiger partial charge in [0.2, 0.25) is 0 Å². The van der Waals surface area contributed by atoms with Crippen molar-refractivity contribution in [3.63, 3.8) is 0 Å². The number of carbonyl (C=O) groups excluding carboxylic acids is 2. The topological polar surface area (TPSA) is 139 Å². The van der Waals surface area contributed by atoms with Crippen LogP contribution >= 0.6 is 0 Å². The van der Waals surface area contributed by atoms with Crippen LogP contribution in [0.4, 0.5) is 11.4 Å². The van der Waals surface area contributed by atoms with Crippen molar-refractivity contribution < 1.29 is 24.7 Å². The van der Waals surface area contributed by atoms with Gasteiger partial charge in [-0.2, -0.15) is 4.73 Å². The van der Waals surface area contributed by atoms with E-state index in [0.29, 0.717) is 39.1 Å². The van der Waals surface area contributed by atoms with Gasteiger partial charge in [0.25, 0.3) is 5.91 Å². The number of aliphatic carboxylic acids is 1. The van der Waals surface area contributed by atoms with Crippen molar-refractivity contribution >= 4 is 46.1 Å². The zero-order valence-electron chi connectivity index (χ0n) is 18.8. The number of hydrogen-bond acceptors (Lipinski definition) is 6. The van der Waals surface area contributed by atoms with Crippen LogP contribution in [0.5, 0.6) is 0 Å². The Hall–Kier alpha value is -4.92. The molecule has 0 aliphatic heterocycles. The average molecular weight is 470 g/mol. The molecule has 0 radical (unpaired) electrons. The monoisotopic (exact) mass is 470 g/mol. The summed E-state index contributed by atoms with van der Waals surface area (Å²) in [5.74, 6) is -1.48. The van der Waals surface area contributed by atoms with Crippen LogP contribution in [0.25, 0.3) is 28.5 Å². The molecule has 0 aliphatic carbocycles. The lowest BCUT2D eigenvalue weighted by Crippen LogP contribution is -2.34. The first-order valence-electron chi connectivity index (χ1n) is 10.6. The van der Waals surface area contributed by atoms with E-state index in [2.05, 4.69) is 4.98 Å². The molecule has 4 aromatic rings. The fraction of sp³-hybridized carbons (Fsp3) is 0.0769. The Morgan fingerprint density at radius 2 is 1.71 bits per heavy atom. The predicted molar refractivity (Wildman–Crippen MR) is 132 cm³/mol. The summed E-state index contributed by atoms with van der Waals surface area (Å²) >= 11 is 0. The zero-order valence-corrected chi connectivity index (χ0v) is 18.8. The lowest BCUT2D eigenvalue weighted by molar-refractivity contribution is -0.136. The molecule has 4 N–H and O–H groups in total. The molecular weight excluding hydrogens is 448 g/mol. The van der Waals surface area contributed by atoms with E-state index in [1.54, 1.807) is 72.8 Å². The van der Waals surface area contributed by atoms with Crippen molar-refractivity contribution in [3.05, 3.63) is 83.9 Å². The Balaban J connectivity index is 1.59. The molecular formula is C26H22N4O5. The summed E-state index contributed by atoms with van der Waals surface area (Å²) < 4.78 is 0.932. The third-order valence-corrected chi connectivity index (χ3v) is 5.39. The number of benzene rings is 3. The van der Waals surface area contributed by atoms with Gasteiger partial charge in [0.05, 0.1) is 5.52 Å². The average Bonchev–Trinajstić information content (AvgIpc) is 3.17. The van der Waals surface area contributed by atoms with Crippen molar-refractivity contribution in [1.29, 1.82) is 0 Å². The maximum atomic E-state index is 12.8. The number of imidazole rings is 1. The number of nitrogens with zero attached hydrogens (tertiary/aromatic N) is 3. The Morgan fingerprint density at radius 3 is 2.34 bits per heavy atom. The molecule has 0 spiro atoms. The standard InChI is InChI=1S/C26H22N4O5/c1-16(31)18-5-2-17(3-6-18)4-13-24(32)29(15-25(33)34)21-10-7-19(8-11-21)26-28-22-12-9-20(27)14-23(22)30(26)35/h2-14,35H,15,27H2,1H3,(H,33,34)/b13-4+. The van der Waals surface area contributed by atoms with E-state index >= 15 is 0 Å². The normalized spacial score (nSPS) is 11.1. The molecule has 0 atom stereocenters. The second-order valence-corrected chi connectivity index (χ2v) is 7.87. The highest BCUT2D eigenvalue weighted by Crippen LogP contribution is 2.27. The third kappa shape index (κ3) is 5.03. The van der Waals surface area contributed by atoms with E-state index in [4.69, 9.17) is 5.73 Å². The van der Waals surface area contributed by atoms with Crippen molar-refractivity contribution in [1.82, 2.24) is 9.71 Å². The minimum Gasteiger partial charge on any atom is -0.480 e. The summed E-state index contributed by atoms with van der Waals surface area (Å²) in [5, 5.41) is 19.8. The van der Waals surface area contributed by atoms with Crippen LogP contribution in [-0.2, 0) is 9.59 Å². The zero-order chi connectivity index (χ0) is 25.1. The van der Waals surface area contributed by atoms with Crippen molar-refractivity contribution in [2.24, 2.45) is 0 Å². The number of ketones is 1. The van der Waals surface area contributed by atoms with Gasteiger partial charge in [-0.1, -0.05) is 24.3 Å². The summed E-state index contributed by atoms with van der Waals surface area (Å²) in [4.78, 5) is 41.2. The second-order valence-electron chi connectivity index (χ2n) is 7.87. The molecule has 1 heterocycles. The summed E-state index contributed by atoms with van der Waals surface area (Å²) in [7, 11) is 0. The van der Waals surface area contributed by atoms with E-state index < -0.39 is 18.4 Å². The lowest BCUT2D eigenvalue weighted by Gasteiger charge is -2.19. The van der Waals surface area contributed by atoms with Gasteiger partial charge in [0.1, 0.15) is 12.1 Å². The van der Waals surface area contributed by atoms with Crippen LogP contribution in [-0.4, -0.2) is 44.2 Å². The quantitative estimate of drug-likeness (QED) is 0.161. The molecule has 9 nitrogen and oxygen atoms in total. The molecule has 0 aliphatic rings. The minimum atomic E-state index is -1.17. The number of rotatable bonds is 7. The molecule has 0 saturated heterocycles. The first kappa shape index (κ1) is 23.2. The van der Waals surface area contributed by atoms with Crippen LogP contribution in [0.1, 0.15) is 22.8 Å². The largest absolute Gasteiger partial charge is 0.480 e. The molecule has 0 fully saturated rings. The van der Waals surface area contributed by atoms with Gasteiger partial charge >= 0.3 is 5.97 Å². The molecule has 1 aromatic heterocycles. The minimum absolute atomic E-state index is 0.0615. The van der Waals surface area contributed by atoms with Gasteiger partial charge in [-0.25, -0.2) is 4.98 Å². The molecule has 0 saturated carbocycles. The Bertz CT molecular complexity index is 1450. The number of aromatic nitrogens is 2. The predicted octanol–water partition coefficient (Wildman–Crippen LogP) is 3.86. The van der Waals surface area contributed by atoms with Gasteiger partial charge in [0.15, 0.2) is 11.6 Å². The third-order valence-electron chi connectivity index (χ3n) is 5.39. The first-order valence-corrected chi connectivity index (χ1v) is 10.6. The highest BCUT2D eigenvalue weighted by Gasteiger charge is 2.18. The number of amides is 1. The molecule has 4 rings (SSSR count). The number of carboxylic acid groups (broad SMARTS) is 1. The summed E-state index contributed by atoms with van der Waals surface area (Å²) in [6, 6.07) is 18.1. The Kier molecular flexibility index (Phi) is 6.32. The van der Waals surface area contributed by atoms with Gasteiger partial charge < -0.3 is 16.0 Å². The lowest BCUT2D eigenvalue weighted by atomic mass is 10.1. The van der Waals surface area contributed by atoms with Gasteiger partial charge in [-0.05, 0) is 61.0 Å². The number of fused-ring (bicyclic) bond motifs is 1. The number of Topliss-reactive ketones (excluding diaryl/α,β-unsaturated/α-hetero) is 1. The Morgan fingerprint density at radius 1 is 1.03 bits per heavy atom. The second kappa shape index (κ2) is 9.52. The molecule has 9 heteroatoms. The van der Waals surface area contributed by atoms with Crippen LogP contribution in [0.3, 0.4) is 0 Å². The summed E-state index contributed by atoms with van der Waals surface area (Å²) in [6.45, 7) is 0.930. The molecule has 0 bridgehead atoms. The van der Waals surface area contributed by atoms with Gasteiger partial charge in [-0.15, -0.1) is 0 Å².